The van der Waals surface area contributed by atoms with E-state index in [0.717, 1.165) is 15.2 Å². The van der Waals surface area contributed by atoms with Gasteiger partial charge in [0, 0.05) is 13.5 Å². The van der Waals surface area contributed by atoms with E-state index in [-0.39, 0.29) is 11.8 Å². The number of nitrogens with two attached hydrogens (primary N) is 1. The van der Waals surface area contributed by atoms with E-state index in [1.165, 1.54) is 0 Å². The Kier molecular flexibility index (Phi) is 4.50. The van der Waals surface area contributed by atoms with Crippen molar-refractivity contribution in [3.63, 3.8) is 0 Å². The average Bonchev–Trinajstić information content (AvgIpc) is 2.80. The molecule has 0 spiro atoms. The summed E-state index contributed by atoms with van der Waals surface area (Å²) in [7, 11) is 1.82. The highest BCUT2D eigenvalue weighted by atomic mass is 32.1. The summed E-state index contributed by atoms with van der Waals surface area (Å²) in [5.74, 6) is 0.350. The molecule has 2 rings (SSSR count). The van der Waals surface area contributed by atoms with Gasteiger partial charge in [-0.25, -0.2) is 4.98 Å². The van der Waals surface area contributed by atoms with Crippen molar-refractivity contribution < 1.29 is 4.79 Å². The zero-order chi connectivity index (χ0) is 13.8. The van der Waals surface area contributed by atoms with Gasteiger partial charge in [0.15, 0.2) is 0 Å². The van der Waals surface area contributed by atoms with Crippen LogP contribution in [0.15, 0.2) is 24.3 Å². The number of rotatable bonds is 5. The molecule has 0 radical (unpaired) electrons. The van der Waals surface area contributed by atoms with Crippen LogP contribution in [0.25, 0.3) is 10.2 Å². The minimum absolute atomic E-state index is 0.122. The first kappa shape index (κ1) is 14.0. The lowest BCUT2D eigenvalue weighted by Gasteiger charge is -2.17. The van der Waals surface area contributed by atoms with Gasteiger partial charge < -0.3 is 10.6 Å². The number of benzene rings is 1. The molecular formula is C14H19N3OS. The molecule has 0 fully saturated rings. The van der Waals surface area contributed by atoms with Gasteiger partial charge in [-0.2, -0.15) is 0 Å². The Bertz CT molecular complexity index is 534. The van der Waals surface area contributed by atoms with E-state index in [1.54, 1.807) is 16.2 Å². The van der Waals surface area contributed by atoms with Gasteiger partial charge in [-0.05, 0) is 24.6 Å². The number of hydrogen-bond acceptors (Lipinski definition) is 4. The van der Waals surface area contributed by atoms with Gasteiger partial charge in [0.1, 0.15) is 5.01 Å². The molecule has 1 heterocycles. The summed E-state index contributed by atoms with van der Waals surface area (Å²) in [5, 5.41) is 0.970. The van der Waals surface area contributed by atoms with Crippen LogP contribution in [-0.4, -0.2) is 29.4 Å². The lowest BCUT2D eigenvalue weighted by molar-refractivity contribution is -0.131. The summed E-state index contributed by atoms with van der Waals surface area (Å²) in [5.41, 5.74) is 6.54. The summed E-state index contributed by atoms with van der Waals surface area (Å²) in [6.07, 6.45) is 0.498. The summed E-state index contributed by atoms with van der Waals surface area (Å²) in [4.78, 5) is 18.2. The topological polar surface area (TPSA) is 59.2 Å². The van der Waals surface area contributed by atoms with Gasteiger partial charge in [-0.15, -0.1) is 11.3 Å². The predicted molar refractivity (Wildman–Crippen MR) is 78.9 cm³/mol. The first-order valence-corrected chi connectivity index (χ1v) is 7.20. The smallest absolute Gasteiger partial charge is 0.223 e. The number of amides is 1. The van der Waals surface area contributed by atoms with Crippen LogP contribution < -0.4 is 5.73 Å². The second kappa shape index (κ2) is 6.12. The molecule has 0 saturated heterocycles. The van der Waals surface area contributed by atoms with Crippen molar-refractivity contribution in [1.29, 1.82) is 0 Å². The largest absolute Gasteiger partial charge is 0.339 e. The Labute approximate surface area is 117 Å². The molecule has 0 aliphatic carbocycles. The monoisotopic (exact) mass is 277 g/mol. The van der Waals surface area contributed by atoms with E-state index in [0.29, 0.717) is 19.5 Å². The molecule has 2 N–H and O–H groups in total. The molecule has 4 nitrogen and oxygen atoms in total. The number of carbonyl (C=O) groups excluding carboxylic acids is 1. The Morgan fingerprint density at radius 1 is 1.47 bits per heavy atom. The molecule has 2 aromatic rings. The minimum atomic E-state index is 0.122. The van der Waals surface area contributed by atoms with Crippen molar-refractivity contribution in [2.75, 3.05) is 13.6 Å². The normalized spacial score (nSPS) is 12.6. The lowest BCUT2D eigenvalue weighted by atomic mass is 10.1. The standard InChI is InChI=1S/C14H19N3OS/c1-10(8-15)7-14(18)17(2)9-13-16-11-5-3-4-6-12(11)19-13/h3-6,10H,7-9,15H2,1-2H3. The second-order valence-corrected chi connectivity index (χ2v) is 5.99. The zero-order valence-corrected chi connectivity index (χ0v) is 12.1. The molecule has 1 amide bonds. The highest BCUT2D eigenvalue weighted by Crippen LogP contribution is 2.22. The first-order chi connectivity index (χ1) is 9.10. The lowest BCUT2D eigenvalue weighted by Crippen LogP contribution is -2.29. The molecule has 0 bridgehead atoms. The third-order valence-corrected chi connectivity index (χ3v) is 4.08. The molecule has 1 atom stereocenters. The Morgan fingerprint density at radius 2 is 2.21 bits per heavy atom. The van der Waals surface area contributed by atoms with Gasteiger partial charge >= 0.3 is 0 Å². The van der Waals surface area contributed by atoms with E-state index < -0.39 is 0 Å². The Hall–Kier alpha value is -1.46. The molecule has 5 heteroatoms. The molecule has 1 unspecified atom stereocenters. The SMILES string of the molecule is CC(CN)CC(=O)N(C)Cc1nc2ccccc2s1. The number of thiazole rings is 1. The fourth-order valence-corrected chi connectivity index (χ4v) is 2.84. The zero-order valence-electron chi connectivity index (χ0n) is 11.3. The molecule has 102 valence electrons. The highest BCUT2D eigenvalue weighted by Gasteiger charge is 2.14. The summed E-state index contributed by atoms with van der Waals surface area (Å²) >= 11 is 1.64. The number of hydrogen-bond donors (Lipinski definition) is 1. The Morgan fingerprint density at radius 3 is 2.89 bits per heavy atom. The van der Waals surface area contributed by atoms with Crippen molar-refractivity contribution in [3.8, 4) is 0 Å². The predicted octanol–water partition coefficient (Wildman–Crippen LogP) is 2.24. The van der Waals surface area contributed by atoms with Crippen LogP contribution in [0, 0.1) is 5.92 Å². The maximum atomic E-state index is 12.0. The van der Waals surface area contributed by atoms with Crippen LogP contribution in [-0.2, 0) is 11.3 Å². The highest BCUT2D eigenvalue weighted by molar-refractivity contribution is 7.18. The van der Waals surface area contributed by atoms with Crippen LogP contribution in [0.1, 0.15) is 18.4 Å². The van der Waals surface area contributed by atoms with E-state index in [2.05, 4.69) is 11.1 Å². The maximum absolute atomic E-state index is 12.0. The van der Waals surface area contributed by atoms with Crippen LogP contribution in [0.4, 0.5) is 0 Å². The fraction of sp³-hybridized carbons (Fsp3) is 0.429. The van der Waals surface area contributed by atoms with Crippen LogP contribution in [0.5, 0.6) is 0 Å². The Balaban J connectivity index is 2.01. The van der Waals surface area contributed by atoms with Crippen LogP contribution in [0.3, 0.4) is 0 Å². The van der Waals surface area contributed by atoms with Crippen molar-refractivity contribution in [3.05, 3.63) is 29.3 Å². The fourth-order valence-electron chi connectivity index (χ4n) is 1.82. The minimum Gasteiger partial charge on any atom is -0.339 e. The first-order valence-electron chi connectivity index (χ1n) is 6.38. The molecule has 0 aliphatic rings. The van der Waals surface area contributed by atoms with Gasteiger partial charge in [0.25, 0.3) is 0 Å². The van der Waals surface area contributed by atoms with Crippen molar-refractivity contribution in [2.24, 2.45) is 11.7 Å². The molecule has 1 aromatic heterocycles. The maximum Gasteiger partial charge on any atom is 0.223 e. The molecule has 0 saturated carbocycles. The van der Waals surface area contributed by atoms with E-state index >= 15 is 0 Å². The summed E-state index contributed by atoms with van der Waals surface area (Å²) < 4.78 is 1.16. The van der Waals surface area contributed by atoms with Crippen molar-refractivity contribution in [1.82, 2.24) is 9.88 Å². The number of fused-ring (bicyclic) bond motifs is 1. The van der Waals surface area contributed by atoms with Gasteiger partial charge in [-0.1, -0.05) is 19.1 Å². The van der Waals surface area contributed by atoms with Crippen LogP contribution >= 0.6 is 11.3 Å². The number of nitrogens with zero attached hydrogens (tertiary/aromatic N) is 2. The van der Waals surface area contributed by atoms with E-state index in [9.17, 15) is 4.79 Å². The summed E-state index contributed by atoms with van der Waals surface area (Å²) in [6.45, 7) is 3.10. The van der Waals surface area contributed by atoms with Crippen molar-refractivity contribution in [2.45, 2.75) is 19.9 Å². The molecule has 0 aliphatic heterocycles. The van der Waals surface area contributed by atoms with E-state index in [1.807, 2.05) is 32.2 Å². The van der Waals surface area contributed by atoms with Gasteiger partial charge in [0.05, 0.1) is 16.8 Å². The quantitative estimate of drug-likeness (QED) is 0.911. The molecular weight excluding hydrogens is 258 g/mol. The number of aromatic nitrogens is 1. The molecule has 1 aromatic carbocycles. The number of carbonyl (C=O) groups is 1. The third kappa shape index (κ3) is 3.52. The van der Waals surface area contributed by atoms with Crippen molar-refractivity contribution >= 4 is 27.5 Å². The average molecular weight is 277 g/mol. The van der Waals surface area contributed by atoms with Gasteiger partial charge in [0.2, 0.25) is 5.91 Å². The van der Waals surface area contributed by atoms with Crippen LogP contribution in [0.2, 0.25) is 0 Å². The summed E-state index contributed by atoms with van der Waals surface area (Å²) in [6, 6.07) is 8.02. The molecule has 19 heavy (non-hydrogen) atoms. The van der Waals surface area contributed by atoms with E-state index in [4.69, 9.17) is 5.73 Å². The third-order valence-electron chi connectivity index (χ3n) is 3.06. The van der Waals surface area contributed by atoms with Gasteiger partial charge in [-0.3, -0.25) is 4.79 Å². The second-order valence-electron chi connectivity index (χ2n) is 4.87. The number of para-hydroxylation sites is 1.